The summed E-state index contributed by atoms with van der Waals surface area (Å²) in [4.78, 5) is 40.5. The zero-order valence-electron chi connectivity index (χ0n) is 17.4. The van der Waals surface area contributed by atoms with Gasteiger partial charge in [0.2, 0.25) is 5.89 Å². The van der Waals surface area contributed by atoms with Crippen LogP contribution in [0.1, 0.15) is 51.3 Å². The molecule has 4 rings (SSSR count). The maximum atomic E-state index is 12.8. The van der Waals surface area contributed by atoms with Crippen molar-refractivity contribution in [2.75, 3.05) is 13.1 Å². The van der Waals surface area contributed by atoms with Crippen molar-refractivity contribution in [3.63, 3.8) is 0 Å². The molecule has 0 atom stereocenters. The summed E-state index contributed by atoms with van der Waals surface area (Å²) in [5.74, 6) is 0.0386. The highest BCUT2D eigenvalue weighted by atomic mass is 32.1. The van der Waals surface area contributed by atoms with E-state index in [9.17, 15) is 14.4 Å². The van der Waals surface area contributed by atoms with E-state index in [4.69, 9.17) is 4.42 Å². The van der Waals surface area contributed by atoms with Crippen LogP contribution in [0.25, 0.3) is 10.8 Å². The van der Waals surface area contributed by atoms with E-state index < -0.39 is 17.5 Å². The van der Waals surface area contributed by atoms with Gasteiger partial charge in [0.25, 0.3) is 17.7 Å². The molecule has 1 spiro atoms. The van der Waals surface area contributed by atoms with Gasteiger partial charge in [-0.2, -0.15) is 5.01 Å². The van der Waals surface area contributed by atoms with Gasteiger partial charge >= 0.3 is 6.03 Å². The molecule has 1 aliphatic heterocycles. The Morgan fingerprint density at radius 3 is 2.84 bits per heavy atom. The number of hydrazine groups is 1. The molecular formula is C20H26N6O4S. The van der Waals surface area contributed by atoms with Gasteiger partial charge in [-0.25, -0.2) is 4.79 Å². The predicted molar refractivity (Wildman–Crippen MR) is 113 cm³/mol. The number of nitrogens with one attached hydrogen (secondary N) is 2. The maximum Gasteiger partial charge on any atom is 0.344 e. The van der Waals surface area contributed by atoms with E-state index in [0.717, 1.165) is 35.6 Å². The molecule has 0 bridgehead atoms. The zero-order valence-corrected chi connectivity index (χ0v) is 18.2. The number of amides is 4. The highest BCUT2D eigenvalue weighted by Crippen LogP contribution is 2.33. The first kappa shape index (κ1) is 21.4. The van der Waals surface area contributed by atoms with Gasteiger partial charge in [-0.15, -0.1) is 21.5 Å². The Hall–Kier alpha value is -2.79. The molecule has 2 fully saturated rings. The third kappa shape index (κ3) is 4.62. The molecule has 1 saturated carbocycles. The van der Waals surface area contributed by atoms with Crippen LogP contribution in [0.2, 0.25) is 0 Å². The Labute approximate surface area is 184 Å². The molecule has 11 heteroatoms. The molecule has 31 heavy (non-hydrogen) atoms. The lowest BCUT2D eigenvalue weighted by Gasteiger charge is -2.30. The van der Waals surface area contributed by atoms with Gasteiger partial charge < -0.3 is 9.73 Å². The Morgan fingerprint density at radius 1 is 1.32 bits per heavy atom. The molecule has 166 valence electrons. The van der Waals surface area contributed by atoms with Crippen LogP contribution in [0.3, 0.4) is 0 Å². The summed E-state index contributed by atoms with van der Waals surface area (Å²) in [7, 11) is 0. The summed E-state index contributed by atoms with van der Waals surface area (Å²) in [5.41, 5.74) is 1.61. The lowest BCUT2D eigenvalue weighted by atomic mass is 9.82. The van der Waals surface area contributed by atoms with Crippen LogP contribution in [0, 0.1) is 0 Å². The van der Waals surface area contributed by atoms with Crippen molar-refractivity contribution in [1.82, 2.24) is 30.8 Å². The minimum atomic E-state index is -0.867. The molecular weight excluding hydrogens is 420 g/mol. The average Bonchev–Trinajstić information content (AvgIpc) is 3.47. The lowest BCUT2D eigenvalue weighted by molar-refractivity contribution is -0.140. The van der Waals surface area contributed by atoms with E-state index in [-0.39, 0.29) is 12.5 Å². The van der Waals surface area contributed by atoms with E-state index in [0.29, 0.717) is 37.7 Å². The Kier molecular flexibility index (Phi) is 6.33. The molecule has 1 saturated heterocycles. The first-order chi connectivity index (χ1) is 15.0. The predicted octanol–water partition coefficient (Wildman–Crippen LogP) is 2.30. The second kappa shape index (κ2) is 9.15. The summed E-state index contributed by atoms with van der Waals surface area (Å²) < 4.78 is 5.72. The minimum Gasteiger partial charge on any atom is -0.419 e. The molecule has 2 aromatic rings. The monoisotopic (exact) mass is 446 g/mol. The molecule has 3 heterocycles. The number of hydrogen-bond donors (Lipinski definition) is 2. The van der Waals surface area contributed by atoms with Crippen molar-refractivity contribution in [3.05, 3.63) is 23.4 Å². The Balaban J connectivity index is 1.36. The second-order valence-electron chi connectivity index (χ2n) is 7.94. The molecule has 2 aromatic heterocycles. The van der Waals surface area contributed by atoms with Crippen LogP contribution in [0.4, 0.5) is 4.79 Å². The molecule has 0 aromatic carbocycles. The first-order valence-electron chi connectivity index (χ1n) is 10.6. The van der Waals surface area contributed by atoms with Crippen molar-refractivity contribution in [2.45, 2.75) is 57.5 Å². The van der Waals surface area contributed by atoms with Crippen LogP contribution in [0.15, 0.2) is 21.9 Å². The molecule has 0 unspecified atom stereocenters. The van der Waals surface area contributed by atoms with Crippen molar-refractivity contribution >= 4 is 29.2 Å². The Morgan fingerprint density at radius 2 is 2.13 bits per heavy atom. The van der Waals surface area contributed by atoms with Crippen LogP contribution in [-0.2, 0) is 16.1 Å². The third-order valence-electron chi connectivity index (χ3n) is 5.57. The fourth-order valence-corrected chi connectivity index (χ4v) is 4.76. The number of urea groups is 1. The van der Waals surface area contributed by atoms with E-state index in [1.54, 1.807) is 0 Å². The van der Waals surface area contributed by atoms with Gasteiger partial charge in [0.1, 0.15) is 5.54 Å². The third-order valence-corrected chi connectivity index (χ3v) is 6.43. The molecule has 1 aliphatic carbocycles. The van der Waals surface area contributed by atoms with Gasteiger partial charge in [0.05, 0.1) is 18.0 Å². The summed E-state index contributed by atoms with van der Waals surface area (Å²) in [6, 6.07) is 3.24. The van der Waals surface area contributed by atoms with Gasteiger partial charge in [-0.3, -0.25) is 19.9 Å². The van der Waals surface area contributed by atoms with Gasteiger partial charge in [-0.05, 0) is 37.3 Å². The summed E-state index contributed by atoms with van der Waals surface area (Å²) in [6.45, 7) is 2.91. The molecule has 2 N–H and O–H groups in total. The van der Waals surface area contributed by atoms with Crippen molar-refractivity contribution in [2.24, 2.45) is 0 Å². The number of thiophene rings is 1. The Bertz CT molecular complexity index is 937. The van der Waals surface area contributed by atoms with E-state index in [2.05, 4.69) is 20.9 Å². The SMILES string of the molecule is CCCN(CC(=O)NN1C(=O)NC2(CCCCC2)C1=O)Cc1nnc(-c2cccs2)o1. The van der Waals surface area contributed by atoms with Crippen LogP contribution in [-0.4, -0.2) is 56.6 Å². The summed E-state index contributed by atoms with van der Waals surface area (Å²) in [5, 5.41) is 13.7. The topological polar surface area (TPSA) is 121 Å². The van der Waals surface area contributed by atoms with Gasteiger partial charge in [-0.1, -0.05) is 32.3 Å². The molecule has 2 aliphatic rings. The smallest absolute Gasteiger partial charge is 0.344 e. The van der Waals surface area contributed by atoms with Crippen LogP contribution < -0.4 is 10.7 Å². The number of hydrogen-bond acceptors (Lipinski definition) is 8. The summed E-state index contributed by atoms with van der Waals surface area (Å²) >= 11 is 1.51. The highest BCUT2D eigenvalue weighted by molar-refractivity contribution is 7.13. The first-order valence-corrected chi connectivity index (χ1v) is 11.4. The van der Waals surface area contributed by atoms with Crippen LogP contribution in [0.5, 0.6) is 0 Å². The average molecular weight is 447 g/mol. The number of rotatable bonds is 8. The molecule has 10 nitrogen and oxygen atoms in total. The van der Waals surface area contributed by atoms with E-state index in [1.165, 1.54) is 11.3 Å². The van der Waals surface area contributed by atoms with Crippen molar-refractivity contribution in [1.29, 1.82) is 0 Å². The largest absolute Gasteiger partial charge is 0.419 e. The zero-order chi connectivity index (χ0) is 21.8. The molecule has 4 amide bonds. The number of carbonyl (C=O) groups excluding carboxylic acids is 3. The minimum absolute atomic E-state index is 0.00534. The molecule has 0 radical (unpaired) electrons. The van der Waals surface area contributed by atoms with Crippen molar-refractivity contribution < 1.29 is 18.8 Å². The fraction of sp³-hybridized carbons (Fsp3) is 0.550. The number of carbonyl (C=O) groups is 3. The lowest BCUT2D eigenvalue weighted by Crippen LogP contribution is -2.52. The quantitative estimate of drug-likeness (QED) is 0.597. The summed E-state index contributed by atoms with van der Waals surface area (Å²) in [6.07, 6.45) is 4.84. The number of nitrogens with zero attached hydrogens (tertiary/aromatic N) is 4. The second-order valence-corrected chi connectivity index (χ2v) is 8.89. The normalized spacial score (nSPS) is 18.1. The van der Waals surface area contributed by atoms with Crippen LogP contribution >= 0.6 is 11.3 Å². The number of aromatic nitrogens is 2. The van der Waals surface area contributed by atoms with E-state index in [1.807, 2.05) is 29.3 Å². The van der Waals surface area contributed by atoms with Gasteiger partial charge in [0, 0.05) is 0 Å². The van der Waals surface area contributed by atoms with Gasteiger partial charge in [0.15, 0.2) is 0 Å². The van der Waals surface area contributed by atoms with E-state index >= 15 is 0 Å². The maximum absolute atomic E-state index is 12.8. The van der Waals surface area contributed by atoms with Crippen molar-refractivity contribution in [3.8, 4) is 10.8 Å². The number of imide groups is 1. The standard InChI is InChI=1S/C20H26N6O4S/c1-2-10-25(13-16-22-23-17(30-16)14-7-6-11-31-14)12-15(27)24-26-18(28)20(21-19(26)29)8-4-3-5-9-20/h6-7,11H,2-5,8-10,12-13H2,1H3,(H,21,29)(H,24,27). The fourth-order valence-electron chi connectivity index (χ4n) is 4.12. The highest BCUT2D eigenvalue weighted by Gasteiger charge is 2.52.